The third kappa shape index (κ3) is 2.41. The van der Waals surface area contributed by atoms with Gasteiger partial charge in [-0.3, -0.25) is 0 Å². The molecule has 0 radical (unpaired) electrons. The van der Waals surface area contributed by atoms with E-state index in [1.54, 1.807) is 13.0 Å². The average molecular weight is 263 g/mol. The Balaban J connectivity index is 2.41. The normalized spacial score (nSPS) is 9.89. The number of aromatic nitrogens is 1. The lowest BCUT2D eigenvalue weighted by Gasteiger charge is -2.09. The van der Waals surface area contributed by atoms with Crippen LogP contribution in [0.25, 0.3) is 0 Å². The largest absolute Gasteiger partial charge is 0.437 e. The Kier molecular flexibility index (Phi) is 3.45. The van der Waals surface area contributed by atoms with Crippen molar-refractivity contribution >= 4 is 11.6 Å². The van der Waals surface area contributed by atoms with Crippen molar-refractivity contribution in [2.24, 2.45) is 0 Å². The fourth-order valence-corrected chi connectivity index (χ4v) is 1.56. The summed E-state index contributed by atoms with van der Waals surface area (Å²) < 4.78 is 18.5. The zero-order valence-electron chi connectivity index (χ0n) is 9.45. The number of ether oxygens (including phenoxy) is 1. The van der Waals surface area contributed by atoms with E-state index in [2.05, 4.69) is 4.98 Å². The van der Waals surface area contributed by atoms with E-state index in [4.69, 9.17) is 21.6 Å². The van der Waals surface area contributed by atoms with Crippen LogP contribution in [-0.4, -0.2) is 4.98 Å². The second-order valence-electron chi connectivity index (χ2n) is 3.60. The molecule has 1 aromatic heterocycles. The number of nitriles is 1. The zero-order chi connectivity index (χ0) is 13.1. The molecule has 0 N–H and O–H groups in total. The molecular weight excluding hydrogens is 255 g/mol. The maximum Gasteiger partial charge on any atom is 0.239 e. The number of benzene rings is 1. The monoisotopic (exact) mass is 262 g/mol. The first-order valence-corrected chi connectivity index (χ1v) is 5.48. The highest BCUT2D eigenvalue weighted by Crippen LogP contribution is 2.31. The molecule has 1 aromatic carbocycles. The molecule has 3 nitrogen and oxygen atoms in total. The van der Waals surface area contributed by atoms with Crippen LogP contribution in [0, 0.1) is 24.1 Å². The Morgan fingerprint density at radius 3 is 2.89 bits per heavy atom. The molecule has 0 atom stereocenters. The second kappa shape index (κ2) is 5.03. The van der Waals surface area contributed by atoms with Crippen LogP contribution in [0.1, 0.15) is 11.1 Å². The summed E-state index contributed by atoms with van der Waals surface area (Å²) in [6, 6.07) is 7.57. The Labute approximate surface area is 108 Å². The summed E-state index contributed by atoms with van der Waals surface area (Å²) in [6.07, 6.45) is 1.41. The van der Waals surface area contributed by atoms with E-state index < -0.39 is 5.82 Å². The van der Waals surface area contributed by atoms with Crippen LogP contribution in [0.4, 0.5) is 4.39 Å². The van der Waals surface area contributed by atoms with E-state index in [1.807, 2.05) is 6.07 Å². The highest BCUT2D eigenvalue weighted by Gasteiger charge is 2.11. The number of pyridine rings is 1. The van der Waals surface area contributed by atoms with Gasteiger partial charge in [0.05, 0.1) is 5.56 Å². The lowest BCUT2D eigenvalue weighted by molar-refractivity contribution is 0.454. The summed E-state index contributed by atoms with van der Waals surface area (Å²) in [6.45, 7) is 1.77. The summed E-state index contributed by atoms with van der Waals surface area (Å²) in [7, 11) is 0. The Morgan fingerprint density at radius 2 is 2.17 bits per heavy atom. The molecule has 2 rings (SSSR count). The quantitative estimate of drug-likeness (QED) is 0.826. The van der Waals surface area contributed by atoms with Crippen LogP contribution < -0.4 is 4.74 Å². The molecule has 0 aliphatic rings. The molecule has 0 saturated heterocycles. The van der Waals surface area contributed by atoms with Crippen molar-refractivity contribution in [2.75, 3.05) is 0 Å². The van der Waals surface area contributed by atoms with Gasteiger partial charge in [-0.05, 0) is 24.6 Å². The topological polar surface area (TPSA) is 45.9 Å². The van der Waals surface area contributed by atoms with Gasteiger partial charge in [-0.15, -0.1) is 0 Å². The Morgan fingerprint density at radius 1 is 1.39 bits per heavy atom. The molecule has 0 aliphatic heterocycles. The van der Waals surface area contributed by atoms with Crippen LogP contribution in [-0.2, 0) is 0 Å². The van der Waals surface area contributed by atoms with Gasteiger partial charge in [0.25, 0.3) is 0 Å². The third-order valence-corrected chi connectivity index (χ3v) is 2.70. The van der Waals surface area contributed by atoms with Crippen LogP contribution in [0.2, 0.25) is 5.02 Å². The lowest BCUT2D eigenvalue weighted by Crippen LogP contribution is -1.93. The predicted octanol–water partition coefficient (Wildman–Crippen LogP) is 3.85. The SMILES string of the molecule is Cc1ccc(F)cc1Oc1nccc(C#N)c1Cl. The number of nitrogens with zero attached hydrogens (tertiary/aromatic N) is 2. The molecule has 18 heavy (non-hydrogen) atoms. The minimum atomic E-state index is -0.414. The van der Waals surface area contributed by atoms with Gasteiger partial charge in [0.15, 0.2) is 0 Å². The maximum absolute atomic E-state index is 13.1. The molecule has 0 saturated carbocycles. The summed E-state index contributed by atoms with van der Waals surface area (Å²) in [4.78, 5) is 3.93. The Bertz CT molecular complexity index is 637. The van der Waals surface area contributed by atoms with E-state index in [-0.39, 0.29) is 16.5 Å². The molecule has 0 unspecified atom stereocenters. The fourth-order valence-electron chi connectivity index (χ4n) is 1.37. The van der Waals surface area contributed by atoms with Crippen LogP contribution in [0.15, 0.2) is 30.5 Å². The van der Waals surface area contributed by atoms with Gasteiger partial charge in [-0.2, -0.15) is 5.26 Å². The standard InChI is InChI=1S/C13H8ClFN2O/c1-8-2-3-10(15)6-11(8)18-13-12(14)9(7-16)4-5-17-13/h2-6H,1H3. The van der Waals surface area contributed by atoms with Crippen molar-refractivity contribution in [3.8, 4) is 17.7 Å². The van der Waals surface area contributed by atoms with Gasteiger partial charge in [0.2, 0.25) is 5.88 Å². The van der Waals surface area contributed by atoms with Gasteiger partial charge in [-0.1, -0.05) is 17.7 Å². The summed E-state index contributed by atoms with van der Waals surface area (Å²) in [5.74, 6) is -0.00735. The lowest BCUT2D eigenvalue weighted by atomic mass is 10.2. The number of aryl methyl sites for hydroxylation is 1. The van der Waals surface area contributed by atoms with Crippen LogP contribution in [0.3, 0.4) is 0 Å². The first kappa shape index (κ1) is 12.3. The van der Waals surface area contributed by atoms with Crippen molar-refractivity contribution in [1.82, 2.24) is 4.98 Å². The minimum absolute atomic E-state index is 0.0874. The Hall–Kier alpha value is -2.12. The fraction of sp³-hybridized carbons (Fsp3) is 0.0769. The van der Waals surface area contributed by atoms with Gasteiger partial charge < -0.3 is 4.74 Å². The van der Waals surface area contributed by atoms with Crippen molar-refractivity contribution in [2.45, 2.75) is 6.92 Å². The highest BCUT2D eigenvalue weighted by atomic mass is 35.5. The first-order chi connectivity index (χ1) is 8.61. The predicted molar refractivity (Wildman–Crippen MR) is 65.2 cm³/mol. The third-order valence-electron chi connectivity index (χ3n) is 2.33. The highest BCUT2D eigenvalue weighted by molar-refractivity contribution is 6.33. The summed E-state index contributed by atoms with van der Waals surface area (Å²) in [5.41, 5.74) is 1.01. The van der Waals surface area contributed by atoms with Gasteiger partial charge in [0, 0.05) is 12.3 Å². The number of hydrogen-bond acceptors (Lipinski definition) is 3. The average Bonchev–Trinajstić information content (AvgIpc) is 2.36. The summed E-state index contributed by atoms with van der Waals surface area (Å²) in [5, 5.41) is 8.94. The molecule has 0 amide bonds. The van der Waals surface area contributed by atoms with E-state index in [0.717, 1.165) is 5.56 Å². The minimum Gasteiger partial charge on any atom is -0.437 e. The van der Waals surface area contributed by atoms with Crippen molar-refractivity contribution in [3.05, 3.63) is 52.4 Å². The second-order valence-corrected chi connectivity index (χ2v) is 3.98. The van der Waals surface area contributed by atoms with Gasteiger partial charge >= 0.3 is 0 Å². The van der Waals surface area contributed by atoms with E-state index >= 15 is 0 Å². The molecule has 0 bridgehead atoms. The van der Waals surface area contributed by atoms with Gasteiger partial charge in [0.1, 0.15) is 22.7 Å². The van der Waals surface area contributed by atoms with E-state index in [9.17, 15) is 4.39 Å². The molecule has 5 heteroatoms. The molecule has 0 spiro atoms. The van der Waals surface area contributed by atoms with Crippen LogP contribution >= 0.6 is 11.6 Å². The van der Waals surface area contributed by atoms with Crippen molar-refractivity contribution < 1.29 is 9.13 Å². The molecule has 2 aromatic rings. The molecule has 0 fully saturated rings. The number of rotatable bonds is 2. The first-order valence-electron chi connectivity index (χ1n) is 5.10. The molecular formula is C13H8ClFN2O. The van der Waals surface area contributed by atoms with Gasteiger partial charge in [-0.25, -0.2) is 9.37 Å². The molecule has 1 heterocycles. The van der Waals surface area contributed by atoms with Crippen molar-refractivity contribution in [3.63, 3.8) is 0 Å². The smallest absolute Gasteiger partial charge is 0.239 e. The zero-order valence-corrected chi connectivity index (χ0v) is 10.2. The maximum atomic E-state index is 13.1. The summed E-state index contributed by atoms with van der Waals surface area (Å²) >= 11 is 5.95. The van der Waals surface area contributed by atoms with Crippen molar-refractivity contribution in [1.29, 1.82) is 5.26 Å². The number of hydrogen-bond donors (Lipinski definition) is 0. The van der Waals surface area contributed by atoms with E-state index in [0.29, 0.717) is 5.75 Å². The van der Waals surface area contributed by atoms with Crippen LogP contribution in [0.5, 0.6) is 11.6 Å². The molecule has 90 valence electrons. The van der Waals surface area contributed by atoms with E-state index in [1.165, 1.54) is 24.4 Å². The molecule has 0 aliphatic carbocycles. The number of halogens is 2.